The van der Waals surface area contributed by atoms with E-state index in [0.717, 1.165) is 33.5 Å². The number of carboxylic acids is 1. The van der Waals surface area contributed by atoms with Crippen molar-refractivity contribution in [2.75, 3.05) is 0 Å². The van der Waals surface area contributed by atoms with Gasteiger partial charge in [-0.1, -0.05) is 47.7 Å². The number of thiazole rings is 1. The number of hydrogen-bond donors (Lipinski definition) is 1. The Kier molecular flexibility index (Phi) is 3.39. The standard InChI is InChI=1S/C18H13N3O2S/c1-11-7-8-14-13(9-11)19-10-21(14)18-20-15(16(24-18)17(22)23)12-5-3-2-4-6-12/h2-10H,1H3,(H,22,23). The van der Waals surface area contributed by atoms with Crippen LogP contribution in [0.5, 0.6) is 0 Å². The minimum absolute atomic E-state index is 0.227. The molecule has 0 unspecified atom stereocenters. The second kappa shape index (κ2) is 5.58. The van der Waals surface area contributed by atoms with Crippen molar-refractivity contribution in [1.82, 2.24) is 14.5 Å². The Hall–Kier alpha value is -2.99. The van der Waals surface area contributed by atoms with Gasteiger partial charge in [-0.15, -0.1) is 0 Å². The van der Waals surface area contributed by atoms with E-state index in [4.69, 9.17) is 0 Å². The van der Waals surface area contributed by atoms with Gasteiger partial charge in [-0.3, -0.25) is 4.57 Å². The van der Waals surface area contributed by atoms with E-state index in [2.05, 4.69) is 9.97 Å². The number of nitrogens with zero attached hydrogens (tertiary/aromatic N) is 3. The lowest BCUT2D eigenvalue weighted by Crippen LogP contribution is -1.95. The van der Waals surface area contributed by atoms with Gasteiger partial charge in [-0.05, 0) is 24.6 Å². The van der Waals surface area contributed by atoms with E-state index in [9.17, 15) is 9.90 Å². The molecule has 0 spiro atoms. The van der Waals surface area contributed by atoms with Gasteiger partial charge in [0.25, 0.3) is 0 Å². The summed E-state index contributed by atoms with van der Waals surface area (Å²) in [5.41, 5.74) is 4.17. The van der Waals surface area contributed by atoms with Crippen LogP contribution < -0.4 is 0 Å². The quantitative estimate of drug-likeness (QED) is 0.610. The molecule has 6 heteroatoms. The van der Waals surface area contributed by atoms with Crippen molar-refractivity contribution in [2.24, 2.45) is 0 Å². The summed E-state index contributed by atoms with van der Waals surface area (Å²) in [6, 6.07) is 15.3. The average Bonchev–Trinajstić information content (AvgIpc) is 3.19. The summed E-state index contributed by atoms with van der Waals surface area (Å²) in [4.78, 5) is 20.8. The molecular weight excluding hydrogens is 322 g/mol. The summed E-state index contributed by atoms with van der Waals surface area (Å²) >= 11 is 1.15. The molecule has 2 heterocycles. The summed E-state index contributed by atoms with van der Waals surface area (Å²) < 4.78 is 1.83. The number of carbonyl (C=O) groups is 1. The fraction of sp³-hybridized carbons (Fsp3) is 0.0556. The van der Waals surface area contributed by atoms with Gasteiger partial charge < -0.3 is 5.11 Å². The summed E-state index contributed by atoms with van der Waals surface area (Å²) in [5, 5.41) is 10.1. The van der Waals surface area contributed by atoms with Crippen molar-refractivity contribution in [1.29, 1.82) is 0 Å². The molecule has 2 aromatic carbocycles. The zero-order chi connectivity index (χ0) is 16.7. The highest BCUT2D eigenvalue weighted by Gasteiger charge is 2.20. The molecule has 0 atom stereocenters. The minimum atomic E-state index is -0.974. The third-order valence-electron chi connectivity index (χ3n) is 3.77. The molecule has 0 bridgehead atoms. The van der Waals surface area contributed by atoms with E-state index >= 15 is 0 Å². The SMILES string of the molecule is Cc1ccc2c(c1)ncn2-c1nc(-c2ccccc2)c(C(=O)O)s1. The molecule has 0 fully saturated rings. The van der Waals surface area contributed by atoms with Gasteiger partial charge >= 0.3 is 5.97 Å². The highest BCUT2D eigenvalue weighted by Crippen LogP contribution is 2.31. The Morgan fingerprint density at radius 2 is 1.96 bits per heavy atom. The van der Waals surface area contributed by atoms with Crippen LogP contribution in [0, 0.1) is 6.92 Å². The molecular formula is C18H13N3O2S. The predicted molar refractivity (Wildman–Crippen MR) is 93.9 cm³/mol. The lowest BCUT2D eigenvalue weighted by Gasteiger charge is -1.99. The van der Waals surface area contributed by atoms with Crippen LogP contribution >= 0.6 is 11.3 Å². The van der Waals surface area contributed by atoms with Crippen LogP contribution in [0.4, 0.5) is 0 Å². The summed E-state index contributed by atoms with van der Waals surface area (Å²) in [5.74, 6) is -0.974. The largest absolute Gasteiger partial charge is 0.477 e. The summed E-state index contributed by atoms with van der Waals surface area (Å²) in [6.07, 6.45) is 1.68. The molecule has 118 valence electrons. The molecule has 0 saturated carbocycles. The number of aromatic carboxylic acids is 1. The Balaban J connectivity index is 1.91. The highest BCUT2D eigenvalue weighted by atomic mass is 32.1. The number of fused-ring (bicyclic) bond motifs is 1. The summed E-state index contributed by atoms with van der Waals surface area (Å²) in [6.45, 7) is 2.01. The maximum absolute atomic E-state index is 11.6. The van der Waals surface area contributed by atoms with E-state index in [1.807, 2.05) is 60.0 Å². The molecule has 0 aliphatic rings. The monoisotopic (exact) mass is 335 g/mol. The Morgan fingerprint density at radius 1 is 1.17 bits per heavy atom. The maximum atomic E-state index is 11.6. The third kappa shape index (κ3) is 2.37. The Bertz CT molecular complexity index is 1050. The van der Waals surface area contributed by atoms with Crippen molar-refractivity contribution in [3.63, 3.8) is 0 Å². The van der Waals surface area contributed by atoms with Crippen molar-refractivity contribution in [3.8, 4) is 16.4 Å². The molecule has 2 aromatic heterocycles. The molecule has 4 rings (SSSR count). The first-order chi connectivity index (χ1) is 11.6. The number of benzene rings is 2. The van der Waals surface area contributed by atoms with Crippen LogP contribution in [0.25, 0.3) is 27.4 Å². The first kappa shape index (κ1) is 14.6. The van der Waals surface area contributed by atoms with Gasteiger partial charge in [0.05, 0.1) is 16.7 Å². The average molecular weight is 335 g/mol. The van der Waals surface area contributed by atoms with Gasteiger partial charge in [0.15, 0.2) is 5.13 Å². The van der Waals surface area contributed by atoms with E-state index in [0.29, 0.717) is 10.8 Å². The normalized spacial score (nSPS) is 11.0. The predicted octanol–water partition coefficient (Wildman–Crippen LogP) is 4.16. The molecule has 0 saturated heterocycles. The van der Waals surface area contributed by atoms with Gasteiger partial charge in [-0.25, -0.2) is 14.8 Å². The zero-order valence-electron chi connectivity index (χ0n) is 12.8. The van der Waals surface area contributed by atoms with Gasteiger partial charge in [0.2, 0.25) is 0 Å². The molecule has 5 nitrogen and oxygen atoms in total. The molecule has 0 amide bonds. The molecule has 0 aliphatic heterocycles. The number of imidazole rings is 1. The van der Waals surface area contributed by atoms with Gasteiger partial charge in [0.1, 0.15) is 11.2 Å². The zero-order valence-corrected chi connectivity index (χ0v) is 13.6. The number of carboxylic acid groups (broad SMARTS) is 1. The number of hydrogen-bond acceptors (Lipinski definition) is 4. The Labute approximate surface area is 141 Å². The van der Waals surface area contributed by atoms with Crippen molar-refractivity contribution in [3.05, 3.63) is 65.3 Å². The fourth-order valence-electron chi connectivity index (χ4n) is 2.62. The van der Waals surface area contributed by atoms with E-state index in [1.54, 1.807) is 6.33 Å². The van der Waals surface area contributed by atoms with Crippen LogP contribution in [0.1, 0.15) is 15.2 Å². The van der Waals surface area contributed by atoms with Crippen LogP contribution in [-0.2, 0) is 0 Å². The second-order valence-electron chi connectivity index (χ2n) is 5.45. The first-order valence-electron chi connectivity index (χ1n) is 7.37. The van der Waals surface area contributed by atoms with Gasteiger partial charge in [0, 0.05) is 5.56 Å². The highest BCUT2D eigenvalue weighted by molar-refractivity contribution is 7.16. The van der Waals surface area contributed by atoms with Crippen molar-refractivity contribution in [2.45, 2.75) is 6.92 Å². The van der Waals surface area contributed by atoms with E-state index in [-0.39, 0.29) is 4.88 Å². The van der Waals surface area contributed by atoms with Crippen LogP contribution in [-0.4, -0.2) is 25.6 Å². The topological polar surface area (TPSA) is 68.0 Å². The maximum Gasteiger partial charge on any atom is 0.348 e. The van der Waals surface area contributed by atoms with Gasteiger partial charge in [-0.2, -0.15) is 0 Å². The molecule has 4 aromatic rings. The van der Waals surface area contributed by atoms with Crippen LogP contribution in [0.3, 0.4) is 0 Å². The van der Waals surface area contributed by atoms with Crippen molar-refractivity contribution < 1.29 is 9.90 Å². The van der Waals surface area contributed by atoms with E-state index < -0.39 is 5.97 Å². The molecule has 1 N–H and O–H groups in total. The second-order valence-corrected chi connectivity index (χ2v) is 6.43. The third-order valence-corrected chi connectivity index (χ3v) is 4.81. The fourth-order valence-corrected chi connectivity index (χ4v) is 3.53. The Morgan fingerprint density at radius 3 is 2.71 bits per heavy atom. The first-order valence-corrected chi connectivity index (χ1v) is 8.19. The van der Waals surface area contributed by atoms with E-state index in [1.165, 1.54) is 0 Å². The number of rotatable bonds is 3. The lowest BCUT2D eigenvalue weighted by atomic mass is 10.1. The number of aryl methyl sites for hydroxylation is 1. The lowest BCUT2D eigenvalue weighted by molar-refractivity contribution is 0.0702. The van der Waals surface area contributed by atoms with Crippen LogP contribution in [0.2, 0.25) is 0 Å². The minimum Gasteiger partial charge on any atom is -0.477 e. The molecule has 0 radical (unpaired) electrons. The molecule has 0 aliphatic carbocycles. The molecule has 24 heavy (non-hydrogen) atoms. The van der Waals surface area contributed by atoms with Crippen molar-refractivity contribution >= 4 is 28.3 Å². The number of aromatic nitrogens is 3. The summed E-state index contributed by atoms with van der Waals surface area (Å²) in [7, 11) is 0. The van der Waals surface area contributed by atoms with Crippen LogP contribution in [0.15, 0.2) is 54.9 Å². The smallest absolute Gasteiger partial charge is 0.348 e.